The average molecular weight is 342 g/mol. The first-order valence-electron chi connectivity index (χ1n) is 8.22. The van der Waals surface area contributed by atoms with E-state index < -0.39 is 0 Å². The Morgan fingerprint density at radius 2 is 1.96 bits per heavy atom. The molecule has 2 heterocycles. The number of thiophene rings is 1. The third-order valence-electron chi connectivity index (χ3n) is 3.98. The number of amides is 1. The largest absolute Gasteiger partial charge is 0.379 e. The van der Waals surface area contributed by atoms with Crippen LogP contribution in [0.5, 0.6) is 0 Å². The molecule has 1 amide bonds. The van der Waals surface area contributed by atoms with Crippen molar-refractivity contribution >= 4 is 22.8 Å². The quantitative estimate of drug-likeness (QED) is 0.821. The molecule has 0 spiro atoms. The second-order valence-corrected chi connectivity index (χ2v) is 6.59. The minimum atomic E-state index is -0.0458. The number of carbonyl (C=O) groups excluding carboxylic acids is 1. The van der Waals surface area contributed by atoms with Gasteiger partial charge in [0.1, 0.15) is 0 Å². The first-order chi connectivity index (χ1) is 11.8. The van der Waals surface area contributed by atoms with Gasteiger partial charge in [0.15, 0.2) is 0 Å². The van der Waals surface area contributed by atoms with Gasteiger partial charge in [-0.25, -0.2) is 0 Å². The molecule has 0 unspecified atom stereocenters. The van der Waals surface area contributed by atoms with Gasteiger partial charge in [-0.15, -0.1) is 11.3 Å². The van der Waals surface area contributed by atoms with Crippen LogP contribution in [0.4, 0.5) is 0 Å². The summed E-state index contributed by atoms with van der Waals surface area (Å²) in [6.07, 6.45) is 1.71. The maximum absolute atomic E-state index is 12.3. The topological polar surface area (TPSA) is 41.6 Å². The van der Waals surface area contributed by atoms with E-state index in [1.807, 2.05) is 47.8 Å². The highest BCUT2D eigenvalue weighted by Crippen LogP contribution is 2.26. The van der Waals surface area contributed by atoms with Crippen LogP contribution in [0.15, 0.2) is 53.9 Å². The van der Waals surface area contributed by atoms with Crippen LogP contribution >= 0.6 is 11.3 Å². The summed E-state index contributed by atoms with van der Waals surface area (Å²) >= 11 is 1.64. The van der Waals surface area contributed by atoms with Crippen LogP contribution in [0.1, 0.15) is 10.4 Å². The SMILES string of the molecule is O=C(C=C(c1ccccc1)c1cccs1)NCCN1CCOCC1. The molecular formula is C19H22N2O2S. The summed E-state index contributed by atoms with van der Waals surface area (Å²) in [4.78, 5) is 15.7. The van der Waals surface area contributed by atoms with Crippen LogP contribution in [0.2, 0.25) is 0 Å². The summed E-state index contributed by atoms with van der Waals surface area (Å²) < 4.78 is 5.33. The molecule has 1 aliphatic rings. The molecule has 1 aromatic heterocycles. The first-order valence-corrected chi connectivity index (χ1v) is 9.10. The molecule has 0 saturated carbocycles. The Morgan fingerprint density at radius 1 is 1.17 bits per heavy atom. The van der Waals surface area contributed by atoms with Crippen molar-refractivity contribution in [2.75, 3.05) is 39.4 Å². The van der Waals surface area contributed by atoms with Crippen molar-refractivity contribution in [3.8, 4) is 0 Å². The third kappa shape index (κ3) is 4.77. The highest BCUT2D eigenvalue weighted by Gasteiger charge is 2.11. The number of nitrogens with zero attached hydrogens (tertiary/aromatic N) is 1. The fourth-order valence-corrected chi connectivity index (χ4v) is 3.45. The van der Waals surface area contributed by atoms with Crippen molar-refractivity contribution in [3.63, 3.8) is 0 Å². The van der Waals surface area contributed by atoms with Crippen LogP contribution in [0, 0.1) is 0 Å². The van der Waals surface area contributed by atoms with Gasteiger partial charge < -0.3 is 10.1 Å². The molecule has 1 N–H and O–H groups in total. The van der Waals surface area contributed by atoms with Crippen LogP contribution in [-0.2, 0) is 9.53 Å². The fourth-order valence-electron chi connectivity index (χ4n) is 2.69. The lowest BCUT2D eigenvalue weighted by Gasteiger charge is -2.26. The summed E-state index contributed by atoms with van der Waals surface area (Å²) in [6.45, 7) is 4.96. The minimum Gasteiger partial charge on any atom is -0.379 e. The average Bonchev–Trinajstić information content (AvgIpc) is 3.16. The van der Waals surface area contributed by atoms with Gasteiger partial charge in [0.05, 0.1) is 13.2 Å². The molecule has 3 rings (SSSR count). The molecule has 0 aliphatic carbocycles. The Bertz CT molecular complexity index is 662. The number of rotatable bonds is 6. The van der Waals surface area contributed by atoms with Crippen molar-refractivity contribution in [2.24, 2.45) is 0 Å². The van der Waals surface area contributed by atoms with Crippen LogP contribution in [0.25, 0.3) is 5.57 Å². The number of benzene rings is 1. The minimum absolute atomic E-state index is 0.0458. The molecule has 2 aromatic rings. The molecule has 0 atom stereocenters. The van der Waals surface area contributed by atoms with Crippen LogP contribution in [0.3, 0.4) is 0 Å². The fraction of sp³-hybridized carbons (Fsp3) is 0.316. The second kappa shape index (κ2) is 8.78. The van der Waals surface area contributed by atoms with Crippen molar-refractivity contribution in [1.29, 1.82) is 0 Å². The monoisotopic (exact) mass is 342 g/mol. The Kier molecular flexibility index (Phi) is 6.18. The number of ether oxygens (including phenoxy) is 1. The highest BCUT2D eigenvalue weighted by atomic mass is 32.1. The number of hydrogen-bond acceptors (Lipinski definition) is 4. The molecular weight excluding hydrogens is 320 g/mol. The number of morpholine rings is 1. The summed E-state index contributed by atoms with van der Waals surface area (Å²) in [7, 11) is 0. The third-order valence-corrected chi connectivity index (χ3v) is 4.88. The zero-order valence-corrected chi connectivity index (χ0v) is 14.4. The normalized spacial score (nSPS) is 16.1. The van der Waals surface area contributed by atoms with Gasteiger partial charge in [0.25, 0.3) is 0 Å². The zero-order chi connectivity index (χ0) is 16.6. The van der Waals surface area contributed by atoms with Crippen LogP contribution < -0.4 is 5.32 Å². The predicted octanol–water partition coefficient (Wildman–Crippen LogP) is 2.63. The molecule has 0 bridgehead atoms. The van der Waals surface area contributed by atoms with E-state index in [0.29, 0.717) is 6.54 Å². The Morgan fingerprint density at radius 3 is 2.67 bits per heavy atom. The van der Waals surface area contributed by atoms with E-state index in [0.717, 1.165) is 48.9 Å². The van der Waals surface area contributed by atoms with Gasteiger partial charge >= 0.3 is 0 Å². The van der Waals surface area contributed by atoms with E-state index in [4.69, 9.17) is 4.74 Å². The van der Waals surface area contributed by atoms with Gasteiger partial charge in [0.2, 0.25) is 5.91 Å². The smallest absolute Gasteiger partial charge is 0.244 e. The van der Waals surface area contributed by atoms with Gasteiger partial charge in [-0.05, 0) is 17.0 Å². The van der Waals surface area contributed by atoms with Crippen molar-refractivity contribution in [1.82, 2.24) is 10.2 Å². The number of nitrogens with one attached hydrogen (secondary N) is 1. The van der Waals surface area contributed by atoms with Crippen LogP contribution in [-0.4, -0.2) is 50.2 Å². The van der Waals surface area contributed by atoms with Crippen molar-refractivity contribution < 1.29 is 9.53 Å². The molecule has 126 valence electrons. The molecule has 0 radical (unpaired) electrons. The van der Waals surface area contributed by atoms with E-state index in [1.165, 1.54) is 0 Å². The Balaban J connectivity index is 1.63. The lowest BCUT2D eigenvalue weighted by molar-refractivity contribution is -0.116. The zero-order valence-electron chi connectivity index (χ0n) is 13.6. The molecule has 1 aliphatic heterocycles. The van der Waals surface area contributed by atoms with E-state index >= 15 is 0 Å². The van der Waals surface area contributed by atoms with Crippen molar-refractivity contribution in [2.45, 2.75) is 0 Å². The van der Waals surface area contributed by atoms with Gasteiger partial charge in [-0.1, -0.05) is 36.4 Å². The summed E-state index contributed by atoms with van der Waals surface area (Å²) in [5, 5.41) is 5.03. The Labute approximate surface area is 146 Å². The maximum atomic E-state index is 12.3. The number of carbonyl (C=O) groups is 1. The van der Waals surface area contributed by atoms with E-state index in [1.54, 1.807) is 17.4 Å². The molecule has 1 aromatic carbocycles. The predicted molar refractivity (Wildman–Crippen MR) is 98.1 cm³/mol. The summed E-state index contributed by atoms with van der Waals surface area (Å²) in [5.41, 5.74) is 2.03. The first kappa shape index (κ1) is 16.9. The summed E-state index contributed by atoms with van der Waals surface area (Å²) in [5.74, 6) is -0.0458. The van der Waals surface area contributed by atoms with Crippen molar-refractivity contribution in [3.05, 3.63) is 64.4 Å². The maximum Gasteiger partial charge on any atom is 0.244 e. The molecule has 1 fully saturated rings. The van der Waals surface area contributed by atoms with Gasteiger partial charge in [-0.3, -0.25) is 9.69 Å². The van der Waals surface area contributed by atoms with E-state index in [9.17, 15) is 4.79 Å². The lowest BCUT2D eigenvalue weighted by Crippen LogP contribution is -2.41. The lowest BCUT2D eigenvalue weighted by atomic mass is 10.0. The number of hydrogen-bond donors (Lipinski definition) is 1. The van der Waals surface area contributed by atoms with E-state index in [2.05, 4.69) is 10.2 Å². The molecule has 24 heavy (non-hydrogen) atoms. The molecule has 1 saturated heterocycles. The highest BCUT2D eigenvalue weighted by molar-refractivity contribution is 7.11. The Hall–Kier alpha value is -1.95. The molecule has 5 heteroatoms. The standard InChI is InChI=1S/C19H22N2O2S/c22-19(20-8-9-21-10-12-23-13-11-21)15-17(18-7-4-14-24-18)16-5-2-1-3-6-16/h1-7,14-15H,8-13H2,(H,20,22). The van der Waals surface area contributed by atoms with Gasteiger partial charge in [0, 0.05) is 42.7 Å². The van der Waals surface area contributed by atoms with Gasteiger partial charge in [-0.2, -0.15) is 0 Å². The van der Waals surface area contributed by atoms with E-state index in [-0.39, 0.29) is 5.91 Å². The second-order valence-electron chi connectivity index (χ2n) is 5.65. The molecule has 4 nitrogen and oxygen atoms in total. The summed E-state index contributed by atoms with van der Waals surface area (Å²) in [6, 6.07) is 14.1.